The van der Waals surface area contributed by atoms with Gasteiger partial charge in [0.25, 0.3) is 5.91 Å². The minimum atomic E-state index is -3.79. The number of sulfonamides is 1. The fraction of sp³-hybridized carbons (Fsp3) is 0.182. The van der Waals surface area contributed by atoms with Crippen molar-refractivity contribution in [3.05, 3.63) is 64.3 Å². The summed E-state index contributed by atoms with van der Waals surface area (Å²) < 4.78 is 41.6. The van der Waals surface area contributed by atoms with Crippen LogP contribution in [-0.4, -0.2) is 47.6 Å². The molecule has 1 N–H and O–H groups in total. The van der Waals surface area contributed by atoms with E-state index >= 15 is 0 Å². The second-order valence-corrected chi connectivity index (χ2v) is 9.68. The van der Waals surface area contributed by atoms with Gasteiger partial charge in [0.1, 0.15) is 18.1 Å². The number of carbonyl (C=O) groups excluding carboxylic acids is 1. The maximum absolute atomic E-state index is 12.4. The van der Waals surface area contributed by atoms with E-state index in [4.69, 9.17) is 37.1 Å². The summed E-state index contributed by atoms with van der Waals surface area (Å²) in [4.78, 5) is 12.4. The molecule has 0 radical (unpaired) electrons. The highest BCUT2D eigenvalue weighted by molar-refractivity contribution is 7.92. The molecule has 1 amide bonds. The fourth-order valence-corrected chi connectivity index (χ4v) is 4.32. The van der Waals surface area contributed by atoms with Crippen LogP contribution < -0.4 is 19.2 Å². The van der Waals surface area contributed by atoms with Gasteiger partial charge in [-0.05, 0) is 42.5 Å². The first-order chi connectivity index (χ1) is 16.1. The van der Waals surface area contributed by atoms with Crippen molar-refractivity contribution >= 4 is 51.0 Å². The Bertz CT molecular complexity index is 1320. The number of nitrogens with zero attached hydrogens (tertiary/aromatic N) is 2. The molecule has 0 fully saturated rings. The molecular weight excluding hydrogens is 505 g/mol. The van der Waals surface area contributed by atoms with E-state index in [1.807, 2.05) is 0 Å². The molecule has 0 aliphatic heterocycles. The quantitative estimate of drug-likeness (QED) is 0.331. The molecule has 1 aromatic heterocycles. The Labute approximate surface area is 206 Å². The zero-order valence-electron chi connectivity index (χ0n) is 18.4. The Kier molecular flexibility index (Phi) is 8.08. The Balaban J connectivity index is 1.70. The van der Waals surface area contributed by atoms with Crippen LogP contribution in [-0.2, 0) is 14.8 Å². The Hall–Kier alpha value is -3.21. The van der Waals surface area contributed by atoms with Gasteiger partial charge in [-0.2, -0.15) is 5.10 Å². The van der Waals surface area contributed by atoms with E-state index < -0.39 is 22.5 Å². The van der Waals surface area contributed by atoms with Gasteiger partial charge in [0.15, 0.2) is 11.5 Å². The molecule has 2 aromatic carbocycles. The number of hydrazone groups is 1. The molecule has 12 heteroatoms. The van der Waals surface area contributed by atoms with E-state index in [1.165, 1.54) is 32.6 Å². The third kappa shape index (κ3) is 6.22. The molecule has 180 valence electrons. The smallest absolute Gasteiger partial charge is 0.260 e. The van der Waals surface area contributed by atoms with E-state index in [9.17, 15) is 13.2 Å². The van der Waals surface area contributed by atoms with Gasteiger partial charge in [-0.3, -0.25) is 9.10 Å². The number of nitrogens with one attached hydrogen (secondary N) is 1. The number of benzene rings is 2. The third-order valence-corrected chi connectivity index (χ3v) is 6.24. The number of halogens is 2. The summed E-state index contributed by atoms with van der Waals surface area (Å²) in [6.07, 6.45) is 2.28. The van der Waals surface area contributed by atoms with Crippen molar-refractivity contribution < 1.29 is 27.1 Å². The molecule has 0 bridgehead atoms. The first kappa shape index (κ1) is 25.4. The predicted molar refractivity (Wildman–Crippen MR) is 132 cm³/mol. The van der Waals surface area contributed by atoms with Gasteiger partial charge in [-0.25, -0.2) is 13.8 Å². The van der Waals surface area contributed by atoms with Gasteiger partial charge < -0.3 is 13.9 Å². The van der Waals surface area contributed by atoms with Crippen LogP contribution in [0.25, 0.3) is 11.3 Å². The maximum Gasteiger partial charge on any atom is 0.260 e. The Morgan fingerprint density at radius 2 is 1.82 bits per heavy atom. The van der Waals surface area contributed by atoms with Crippen molar-refractivity contribution in [1.29, 1.82) is 0 Å². The molecule has 0 aliphatic carbocycles. The number of amides is 1. The van der Waals surface area contributed by atoms with Crippen LogP contribution in [0.3, 0.4) is 0 Å². The fourth-order valence-electron chi connectivity index (χ4n) is 2.97. The Morgan fingerprint density at radius 3 is 2.47 bits per heavy atom. The average molecular weight is 526 g/mol. The highest BCUT2D eigenvalue weighted by atomic mass is 35.5. The minimum Gasteiger partial charge on any atom is -0.493 e. The molecule has 34 heavy (non-hydrogen) atoms. The lowest BCUT2D eigenvalue weighted by atomic mass is 10.2. The summed E-state index contributed by atoms with van der Waals surface area (Å²) in [7, 11) is -0.898. The minimum absolute atomic E-state index is 0.231. The molecule has 3 aromatic rings. The summed E-state index contributed by atoms with van der Waals surface area (Å²) in [5.74, 6) is 0.921. The summed E-state index contributed by atoms with van der Waals surface area (Å²) in [5, 5.41) is 4.76. The van der Waals surface area contributed by atoms with Crippen LogP contribution in [0, 0.1) is 0 Å². The zero-order valence-corrected chi connectivity index (χ0v) is 20.7. The number of carbonyl (C=O) groups is 1. The van der Waals surface area contributed by atoms with Crippen LogP contribution >= 0.6 is 23.2 Å². The first-order valence-electron chi connectivity index (χ1n) is 9.69. The zero-order chi connectivity index (χ0) is 24.9. The monoisotopic (exact) mass is 525 g/mol. The van der Waals surface area contributed by atoms with Gasteiger partial charge in [0.05, 0.1) is 37.4 Å². The third-order valence-electron chi connectivity index (χ3n) is 4.55. The largest absolute Gasteiger partial charge is 0.493 e. The maximum atomic E-state index is 12.4. The van der Waals surface area contributed by atoms with Crippen molar-refractivity contribution in [2.75, 3.05) is 31.3 Å². The summed E-state index contributed by atoms with van der Waals surface area (Å²) in [6.45, 7) is -0.505. The number of methoxy groups -OCH3 is 2. The van der Waals surface area contributed by atoms with Crippen LogP contribution in [0.15, 0.2) is 58.0 Å². The van der Waals surface area contributed by atoms with E-state index in [0.717, 1.165) is 10.6 Å². The standard InChI is InChI=1S/C22H21Cl2N3O6S/c1-31-20-8-5-15(11-21(20)32-2)27(34(3,29)30)13-22(28)26-25-12-16-6-9-19(33-16)17-7-4-14(23)10-18(17)24/h4-12H,13H2,1-3H3,(H,26,28)/b25-12-. The van der Waals surface area contributed by atoms with Crippen molar-refractivity contribution in [2.45, 2.75) is 0 Å². The highest BCUT2D eigenvalue weighted by Crippen LogP contribution is 2.33. The van der Waals surface area contributed by atoms with Gasteiger partial charge in [-0.1, -0.05) is 23.2 Å². The van der Waals surface area contributed by atoms with Crippen LogP contribution in [0.4, 0.5) is 5.69 Å². The number of anilines is 1. The van der Waals surface area contributed by atoms with Crippen molar-refractivity contribution in [2.24, 2.45) is 5.10 Å². The van der Waals surface area contributed by atoms with Crippen molar-refractivity contribution in [1.82, 2.24) is 5.43 Å². The summed E-state index contributed by atoms with van der Waals surface area (Å²) in [5.41, 5.74) is 3.17. The molecular formula is C22H21Cl2N3O6S. The molecule has 0 spiro atoms. The molecule has 0 atom stereocenters. The molecule has 1 heterocycles. The highest BCUT2D eigenvalue weighted by Gasteiger charge is 2.22. The second kappa shape index (κ2) is 10.8. The average Bonchev–Trinajstić information content (AvgIpc) is 3.24. The molecule has 0 saturated heterocycles. The second-order valence-electron chi connectivity index (χ2n) is 6.93. The Morgan fingerprint density at radius 1 is 1.09 bits per heavy atom. The lowest BCUT2D eigenvalue weighted by molar-refractivity contribution is -0.119. The number of furan rings is 1. The molecule has 0 saturated carbocycles. The van der Waals surface area contributed by atoms with Crippen molar-refractivity contribution in [3.8, 4) is 22.8 Å². The lowest BCUT2D eigenvalue weighted by Crippen LogP contribution is -2.39. The molecule has 3 rings (SSSR count). The predicted octanol–water partition coefficient (Wildman–Crippen LogP) is 4.19. The number of rotatable bonds is 9. The van der Waals surface area contributed by atoms with Gasteiger partial charge >= 0.3 is 0 Å². The van der Waals surface area contributed by atoms with E-state index in [0.29, 0.717) is 38.6 Å². The van der Waals surface area contributed by atoms with Crippen LogP contribution in [0.1, 0.15) is 5.76 Å². The summed E-state index contributed by atoms with van der Waals surface area (Å²) in [6, 6.07) is 12.9. The number of ether oxygens (including phenoxy) is 2. The lowest BCUT2D eigenvalue weighted by Gasteiger charge is -2.22. The van der Waals surface area contributed by atoms with E-state index in [-0.39, 0.29) is 5.69 Å². The van der Waals surface area contributed by atoms with Gasteiger partial charge in [-0.15, -0.1) is 0 Å². The summed E-state index contributed by atoms with van der Waals surface area (Å²) >= 11 is 12.1. The van der Waals surface area contributed by atoms with Crippen LogP contribution in [0.5, 0.6) is 11.5 Å². The number of hydrogen-bond donors (Lipinski definition) is 1. The van der Waals surface area contributed by atoms with E-state index in [2.05, 4.69) is 10.5 Å². The topological polar surface area (TPSA) is 110 Å². The SMILES string of the molecule is COc1ccc(N(CC(=O)N/N=C\c2ccc(-c3ccc(Cl)cc3Cl)o2)S(C)(=O)=O)cc1OC. The van der Waals surface area contributed by atoms with Crippen molar-refractivity contribution in [3.63, 3.8) is 0 Å². The molecule has 9 nitrogen and oxygen atoms in total. The van der Waals surface area contributed by atoms with Crippen LogP contribution in [0.2, 0.25) is 10.0 Å². The molecule has 0 unspecified atom stereocenters. The normalized spacial score (nSPS) is 11.4. The number of hydrogen-bond acceptors (Lipinski definition) is 7. The van der Waals surface area contributed by atoms with Gasteiger partial charge in [0.2, 0.25) is 10.0 Å². The first-order valence-corrected chi connectivity index (χ1v) is 12.3. The van der Waals surface area contributed by atoms with Gasteiger partial charge in [0, 0.05) is 16.7 Å². The van der Waals surface area contributed by atoms with E-state index in [1.54, 1.807) is 36.4 Å². The molecule has 0 aliphatic rings.